The van der Waals surface area contributed by atoms with Gasteiger partial charge in [0.05, 0.1) is 11.0 Å². The third kappa shape index (κ3) is 6.26. The number of allylic oxidation sites excluding steroid dienone is 2. The van der Waals surface area contributed by atoms with Crippen LogP contribution in [-0.2, 0) is 28.5 Å². The Balaban J connectivity index is 2.07. The Morgan fingerprint density at radius 3 is 2.38 bits per heavy atom. The molecule has 1 fully saturated rings. The lowest BCUT2D eigenvalue weighted by Crippen LogP contribution is -2.66. The van der Waals surface area contributed by atoms with Crippen LogP contribution in [0.4, 0.5) is 10.5 Å². The highest BCUT2D eigenvalue weighted by atomic mass is 16.7. The number of fused-ring (bicyclic) bond motifs is 1. The maximum absolute atomic E-state index is 12.6. The van der Waals surface area contributed by atoms with Crippen LogP contribution >= 0.6 is 0 Å². The van der Waals surface area contributed by atoms with Gasteiger partial charge < -0.3 is 44.3 Å². The number of anilines is 1. The Labute approximate surface area is 229 Å². The average molecular weight is 561 g/mol. The SMILES string of the molecule is C/C=C/C(=O)Nc1c(O)c2ccc(O[C@@H]3OC(C)(C)[C@H](OC)[C@@H](OC(N)=O)[C@H]3OC(=O)/C=C/C)c(C)c2oc1=O. The van der Waals surface area contributed by atoms with Crippen LogP contribution in [0, 0.1) is 6.92 Å². The number of esters is 1. The maximum Gasteiger partial charge on any atom is 0.405 e. The van der Waals surface area contributed by atoms with E-state index in [-0.39, 0.29) is 22.3 Å². The fraction of sp³-hybridized carbons (Fsp3) is 0.407. The largest absolute Gasteiger partial charge is 0.505 e. The van der Waals surface area contributed by atoms with E-state index in [4.69, 9.17) is 33.8 Å². The number of nitrogens with one attached hydrogen (secondary N) is 1. The van der Waals surface area contributed by atoms with Gasteiger partial charge in [-0.2, -0.15) is 0 Å². The van der Waals surface area contributed by atoms with Crippen molar-refractivity contribution in [1.29, 1.82) is 0 Å². The molecule has 1 saturated heterocycles. The molecule has 2 heterocycles. The average Bonchev–Trinajstić information content (AvgIpc) is 2.86. The van der Waals surface area contributed by atoms with Crippen LogP contribution in [0.15, 0.2) is 45.6 Å². The molecule has 2 aromatic rings. The highest BCUT2D eigenvalue weighted by Crippen LogP contribution is 2.39. The van der Waals surface area contributed by atoms with E-state index in [1.54, 1.807) is 34.6 Å². The van der Waals surface area contributed by atoms with Crippen LogP contribution in [0.2, 0.25) is 0 Å². The molecule has 4 N–H and O–H groups in total. The zero-order valence-electron chi connectivity index (χ0n) is 22.9. The van der Waals surface area contributed by atoms with Crippen molar-refractivity contribution in [3.63, 3.8) is 0 Å². The predicted octanol–water partition coefficient (Wildman–Crippen LogP) is 2.80. The van der Waals surface area contributed by atoms with Crippen molar-refractivity contribution < 1.29 is 47.6 Å². The van der Waals surface area contributed by atoms with Gasteiger partial charge >= 0.3 is 17.7 Å². The number of carbonyl (C=O) groups excluding carboxylic acids is 3. The molecule has 2 amide bonds. The minimum absolute atomic E-state index is 0.0266. The van der Waals surface area contributed by atoms with Gasteiger partial charge in [-0.15, -0.1) is 0 Å². The Kier molecular flexibility index (Phi) is 9.22. The minimum Gasteiger partial charge on any atom is -0.505 e. The van der Waals surface area contributed by atoms with Gasteiger partial charge in [-0.3, -0.25) is 4.79 Å². The third-order valence-corrected chi connectivity index (χ3v) is 6.11. The van der Waals surface area contributed by atoms with Crippen molar-refractivity contribution in [1.82, 2.24) is 0 Å². The van der Waals surface area contributed by atoms with Crippen LogP contribution in [-0.4, -0.2) is 60.4 Å². The topological polar surface area (TPSA) is 186 Å². The standard InChI is InChI=1S/C27H32N2O11/c1-7-9-16(30)29-18-19(32)14-11-12-15(13(3)20(14)38-24(18)33)36-25-22(37-17(31)10-8-2)21(39-26(28)34)23(35-6)27(4,5)40-25/h7-12,21-23,25,32H,1-6H3,(H2,28,34)(H,29,30)/b9-7+,10-8+/t21-,22+,23+,25+/m0/s1. The molecule has 0 bridgehead atoms. The molecule has 3 rings (SSSR count). The summed E-state index contributed by atoms with van der Waals surface area (Å²) in [6.45, 7) is 8.11. The molecule has 0 aliphatic carbocycles. The molecule has 0 unspecified atom stereocenters. The van der Waals surface area contributed by atoms with Crippen molar-refractivity contribution >= 4 is 34.6 Å². The van der Waals surface area contributed by atoms with Crippen molar-refractivity contribution in [2.24, 2.45) is 5.73 Å². The van der Waals surface area contributed by atoms with E-state index in [1.807, 2.05) is 0 Å². The Hall–Kier alpha value is -4.36. The second-order valence-electron chi connectivity index (χ2n) is 9.33. The number of methoxy groups -OCH3 is 1. The van der Waals surface area contributed by atoms with Crippen LogP contribution < -0.4 is 21.4 Å². The lowest BCUT2D eigenvalue weighted by Gasteiger charge is -2.48. The second-order valence-corrected chi connectivity index (χ2v) is 9.33. The summed E-state index contributed by atoms with van der Waals surface area (Å²) in [4.78, 5) is 48.7. The Morgan fingerprint density at radius 2 is 1.77 bits per heavy atom. The van der Waals surface area contributed by atoms with Crippen molar-refractivity contribution in [2.45, 2.75) is 64.8 Å². The van der Waals surface area contributed by atoms with E-state index >= 15 is 0 Å². The zero-order valence-corrected chi connectivity index (χ0v) is 22.9. The lowest BCUT2D eigenvalue weighted by molar-refractivity contribution is -0.306. The zero-order chi connectivity index (χ0) is 29.8. The van der Waals surface area contributed by atoms with Gasteiger partial charge in [0, 0.05) is 18.7 Å². The van der Waals surface area contributed by atoms with Gasteiger partial charge in [-0.05, 0) is 52.8 Å². The van der Waals surface area contributed by atoms with E-state index in [0.29, 0.717) is 0 Å². The third-order valence-electron chi connectivity index (χ3n) is 6.11. The number of hydrogen-bond acceptors (Lipinski definition) is 11. The smallest absolute Gasteiger partial charge is 0.405 e. The molecule has 4 atom stereocenters. The molecule has 13 nitrogen and oxygen atoms in total. The number of hydrogen-bond donors (Lipinski definition) is 3. The van der Waals surface area contributed by atoms with Crippen LogP contribution in [0.5, 0.6) is 11.5 Å². The second kappa shape index (κ2) is 12.2. The van der Waals surface area contributed by atoms with Crippen molar-refractivity contribution in [3.05, 3.63) is 52.4 Å². The number of nitrogens with two attached hydrogens (primary N) is 1. The van der Waals surface area contributed by atoms with Gasteiger partial charge in [-0.25, -0.2) is 14.4 Å². The van der Waals surface area contributed by atoms with E-state index in [2.05, 4.69) is 5.32 Å². The minimum atomic E-state index is -1.35. The summed E-state index contributed by atoms with van der Waals surface area (Å²) in [5.74, 6) is -1.76. The summed E-state index contributed by atoms with van der Waals surface area (Å²) < 4.78 is 34.0. The summed E-state index contributed by atoms with van der Waals surface area (Å²) >= 11 is 0. The van der Waals surface area contributed by atoms with Gasteiger partial charge in [0.1, 0.15) is 17.4 Å². The van der Waals surface area contributed by atoms with E-state index in [9.17, 15) is 24.3 Å². The summed E-state index contributed by atoms with van der Waals surface area (Å²) in [5, 5.41) is 13.1. The van der Waals surface area contributed by atoms with Gasteiger partial charge in [0.2, 0.25) is 18.3 Å². The Bertz CT molecular complexity index is 1410. The van der Waals surface area contributed by atoms with Gasteiger partial charge in [-0.1, -0.05) is 12.2 Å². The number of primary amides is 1. The molecular formula is C27H32N2O11. The fourth-order valence-electron chi connectivity index (χ4n) is 4.41. The van der Waals surface area contributed by atoms with Gasteiger partial charge in [0.15, 0.2) is 17.5 Å². The highest BCUT2D eigenvalue weighted by molar-refractivity contribution is 6.02. The number of rotatable bonds is 8. The normalized spacial score (nSPS) is 22.4. The van der Waals surface area contributed by atoms with E-state index in [1.165, 1.54) is 37.5 Å². The summed E-state index contributed by atoms with van der Waals surface area (Å²) in [6.07, 6.45) is -0.694. The number of carbonyl (C=O) groups is 3. The fourth-order valence-corrected chi connectivity index (χ4v) is 4.41. The lowest BCUT2D eigenvalue weighted by atomic mass is 9.89. The first-order chi connectivity index (χ1) is 18.8. The molecule has 216 valence electrons. The number of benzene rings is 1. The monoisotopic (exact) mass is 560 g/mol. The van der Waals surface area contributed by atoms with Gasteiger partial charge in [0.25, 0.3) is 0 Å². The summed E-state index contributed by atoms with van der Waals surface area (Å²) in [5.41, 5.74) is 3.01. The number of ether oxygens (including phenoxy) is 5. The molecule has 40 heavy (non-hydrogen) atoms. The predicted molar refractivity (Wildman–Crippen MR) is 142 cm³/mol. The molecule has 1 aliphatic rings. The number of amides is 2. The molecule has 0 radical (unpaired) electrons. The van der Waals surface area contributed by atoms with Crippen molar-refractivity contribution in [2.75, 3.05) is 12.4 Å². The molecule has 1 aliphatic heterocycles. The molecule has 0 saturated carbocycles. The van der Waals surface area contributed by atoms with E-state index in [0.717, 1.165) is 6.08 Å². The molecule has 0 spiro atoms. The summed E-state index contributed by atoms with van der Waals surface area (Å²) in [7, 11) is 1.37. The first-order valence-corrected chi connectivity index (χ1v) is 12.2. The first-order valence-electron chi connectivity index (χ1n) is 12.2. The first kappa shape index (κ1) is 30.2. The molecular weight excluding hydrogens is 528 g/mol. The quantitative estimate of drug-likeness (QED) is 0.245. The Morgan fingerprint density at radius 1 is 1.10 bits per heavy atom. The molecule has 1 aromatic heterocycles. The van der Waals surface area contributed by atoms with Crippen molar-refractivity contribution in [3.8, 4) is 11.5 Å². The van der Waals surface area contributed by atoms with Crippen LogP contribution in [0.25, 0.3) is 11.0 Å². The number of aromatic hydroxyl groups is 1. The highest BCUT2D eigenvalue weighted by Gasteiger charge is 2.55. The van der Waals surface area contributed by atoms with E-state index < -0.39 is 65.2 Å². The van der Waals surface area contributed by atoms with Crippen LogP contribution in [0.3, 0.4) is 0 Å². The molecule has 13 heteroatoms. The maximum atomic E-state index is 12.6. The van der Waals surface area contributed by atoms with Crippen LogP contribution in [0.1, 0.15) is 33.3 Å². The molecule has 1 aromatic carbocycles. The number of aryl methyl sites for hydroxylation is 1. The summed E-state index contributed by atoms with van der Waals surface area (Å²) in [6, 6.07) is 2.87.